The summed E-state index contributed by atoms with van der Waals surface area (Å²) in [6.07, 6.45) is 0. The van der Waals surface area contributed by atoms with Gasteiger partial charge in [-0.1, -0.05) is 15.9 Å². The Morgan fingerprint density at radius 1 is 1.39 bits per heavy atom. The third kappa shape index (κ3) is 3.10. The molecule has 1 saturated heterocycles. The predicted octanol–water partition coefficient (Wildman–Crippen LogP) is 1.93. The summed E-state index contributed by atoms with van der Waals surface area (Å²) in [5, 5.41) is 6.05. The van der Waals surface area contributed by atoms with Gasteiger partial charge in [-0.2, -0.15) is 0 Å². The predicted molar refractivity (Wildman–Crippen MR) is 74.7 cm³/mol. The zero-order chi connectivity index (χ0) is 13.1. The molecule has 1 aromatic rings. The van der Waals surface area contributed by atoms with Crippen LogP contribution in [0.25, 0.3) is 0 Å². The third-order valence-corrected chi connectivity index (χ3v) is 3.56. The molecule has 1 aliphatic heterocycles. The Bertz CT molecular complexity index is 430. The van der Waals surface area contributed by atoms with Crippen molar-refractivity contribution in [2.24, 2.45) is 5.92 Å². The van der Waals surface area contributed by atoms with Crippen molar-refractivity contribution in [2.45, 2.75) is 13.0 Å². The number of carbonyl (C=O) groups is 1. The topological polar surface area (TPSA) is 50.4 Å². The lowest BCUT2D eigenvalue weighted by molar-refractivity contribution is -0.120. The highest BCUT2D eigenvalue weighted by molar-refractivity contribution is 9.10. The fourth-order valence-electron chi connectivity index (χ4n) is 2.14. The van der Waals surface area contributed by atoms with Crippen LogP contribution in [0.2, 0.25) is 0 Å². The van der Waals surface area contributed by atoms with Crippen LogP contribution in [-0.4, -0.2) is 32.2 Å². The maximum Gasteiger partial charge on any atom is 0.231 e. The van der Waals surface area contributed by atoms with Gasteiger partial charge >= 0.3 is 0 Å². The molecule has 4 nitrogen and oxygen atoms in total. The van der Waals surface area contributed by atoms with E-state index >= 15 is 0 Å². The number of nitrogens with one attached hydrogen (secondary N) is 2. The van der Waals surface area contributed by atoms with E-state index in [4.69, 9.17) is 4.74 Å². The van der Waals surface area contributed by atoms with Gasteiger partial charge in [0.1, 0.15) is 0 Å². The molecular weight excluding hydrogens is 296 g/mol. The lowest BCUT2D eigenvalue weighted by atomic mass is 10.0. The van der Waals surface area contributed by atoms with E-state index in [0.717, 1.165) is 15.7 Å². The van der Waals surface area contributed by atoms with Gasteiger partial charge in [0.25, 0.3) is 0 Å². The monoisotopic (exact) mass is 312 g/mol. The quantitative estimate of drug-likeness (QED) is 0.896. The summed E-state index contributed by atoms with van der Waals surface area (Å²) in [4.78, 5) is 12.2. The number of hydrogen-bond donors (Lipinski definition) is 2. The summed E-state index contributed by atoms with van der Waals surface area (Å²) in [7, 11) is 1.85. The molecule has 1 amide bonds. The highest BCUT2D eigenvalue weighted by Crippen LogP contribution is 2.21. The number of hydrogen-bond acceptors (Lipinski definition) is 3. The minimum atomic E-state index is -0.130. The number of aryl methyl sites for hydroxylation is 1. The number of anilines is 1. The second-order valence-electron chi connectivity index (χ2n) is 4.55. The molecule has 2 N–H and O–H groups in total. The zero-order valence-electron chi connectivity index (χ0n) is 10.5. The Labute approximate surface area is 115 Å². The average molecular weight is 313 g/mol. The standard InChI is InChI=1S/C13H17BrN2O2/c1-8-3-9(14)5-10(4-8)16-13(17)11-6-18-7-12(11)15-2/h3-5,11-12,15H,6-7H2,1-2H3,(H,16,17). The summed E-state index contributed by atoms with van der Waals surface area (Å²) in [5.74, 6) is -0.126. The van der Waals surface area contributed by atoms with Gasteiger partial charge in [-0.05, 0) is 37.7 Å². The second-order valence-corrected chi connectivity index (χ2v) is 5.46. The molecule has 2 unspecified atom stereocenters. The van der Waals surface area contributed by atoms with E-state index in [1.807, 2.05) is 32.2 Å². The summed E-state index contributed by atoms with van der Waals surface area (Å²) in [5.41, 5.74) is 1.92. The molecule has 1 aliphatic rings. The molecule has 18 heavy (non-hydrogen) atoms. The van der Waals surface area contributed by atoms with Crippen molar-refractivity contribution in [1.29, 1.82) is 0 Å². The molecule has 0 aromatic heterocycles. The van der Waals surface area contributed by atoms with Crippen LogP contribution in [0, 0.1) is 12.8 Å². The van der Waals surface area contributed by atoms with Crippen molar-refractivity contribution >= 4 is 27.5 Å². The Kier molecular flexibility index (Phi) is 4.37. The van der Waals surface area contributed by atoms with Gasteiger partial charge in [0.05, 0.1) is 19.1 Å². The molecule has 2 atom stereocenters. The molecule has 5 heteroatoms. The van der Waals surface area contributed by atoms with Crippen LogP contribution >= 0.6 is 15.9 Å². The van der Waals surface area contributed by atoms with Gasteiger partial charge in [0.15, 0.2) is 0 Å². The van der Waals surface area contributed by atoms with Crippen LogP contribution in [0.15, 0.2) is 22.7 Å². The molecule has 2 rings (SSSR count). The van der Waals surface area contributed by atoms with Crippen LogP contribution in [0.3, 0.4) is 0 Å². The van der Waals surface area contributed by atoms with Crippen molar-refractivity contribution in [3.63, 3.8) is 0 Å². The van der Waals surface area contributed by atoms with E-state index in [2.05, 4.69) is 26.6 Å². The summed E-state index contributed by atoms with van der Waals surface area (Å²) < 4.78 is 6.30. The summed E-state index contributed by atoms with van der Waals surface area (Å²) >= 11 is 3.42. The van der Waals surface area contributed by atoms with Gasteiger partial charge < -0.3 is 15.4 Å². The zero-order valence-corrected chi connectivity index (χ0v) is 12.1. The maximum atomic E-state index is 12.2. The van der Waals surface area contributed by atoms with Crippen molar-refractivity contribution in [1.82, 2.24) is 5.32 Å². The minimum Gasteiger partial charge on any atom is -0.379 e. The molecule has 1 fully saturated rings. The van der Waals surface area contributed by atoms with Crippen LogP contribution < -0.4 is 10.6 Å². The normalized spacial score (nSPS) is 23.1. The Hall–Kier alpha value is -0.910. The van der Waals surface area contributed by atoms with E-state index < -0.39 is 0 Å². The van der Waals surface area contributed by atoms with Crippen molar-refractivity contribution in [2.75, 3.05) is 25.6 Å². The molecule has 98 valence electrons. The lowest BCUT2D eigenvalue weighted by Crippen LogP contribution is -2.39. The van der Waals surface area contributed by atoms with E-state index in [1.165, 1.54) is 0 Å². The molecular formula is C13H17BrN2O2. The van der Waals surface area contributed by atoms with Crippen molar-refractivity contribution < 1.29 is 9.53 Å². The summed E-state index contributed by atoms with van der Waals surface area (Å²) in [6, 6.07) is 5.95. The van der Waals surface area contributed by atoms with E-state index in [9.17, 15) is 4.79 Å². The van der Waals surface area contributed by atoms with Gasteiger partial charge in [0, 0.05) is 16.2 Å². The Morgan fingerprint density at radius 2 is 2.17 bits per heavy atom. The maximum absolute atomic E-state index is 12.2. The second kappa shape index (κ2) is 5.82. The molecule has 0 spiro atoms. The fourth-order valence-corrected chi connectivity index (χ4v) is 2.75. The molecule has 0 bridgehead atoms. The van der Waals surface area contributed by atoms with Crippen LogP contribution in [0.4, 0.5) is 5.69 Å². The fraction of sp³-hybridized carbons (Fsp3) is 0.462. The lowest BCUT2D eigenvalue weighted by Gasteiger charge is -2.16. The van der Waals surface area contributed by atoms with E-state index in [1.54, 1.807) is 0 Å². The summed E-state index contributed by atoms with van der Waals surface area (Å²) in [6.45, 7) is 3.06. The highest BCUT2D eigenvalue weighted by Gasteiger charge is 2.32. The highest BCUT2D eigenvalue weighted by atomic mass is 79.9. The SMILES string of the molecule is CNC1COCC1C(=O)Nc1cc(C)cc(Br)c1. The number of halogens is 1. The van der Waals surface area contributed by atoms with Gasteiger partial charge in [-0.15, -0.1) is 0 Å². The first-order valence-corrected chi connectivity index (χ1v) is 6.72. The number of carbonyl (C=O) groups excluding carboxylic acids is 1. The molecule has 1 heterocycles. The molecule has 0 aliphatic carbocycles. The minimum absolute atomic E-state index is 0.00403. The first-order chi connectivity index (χ1) is 8.60. The largest absolute Gasteiger partial charge is 0.379 e. The number of benzene rings is 1. The number of amides is 1. The number of likely N-dealkylation sites (N-methyl/N-ethyl adjacent to an activating group) is 1. The number of rotatable bonds is 3. The van der Waals surface area contributed by atoms with Crippen LogP contribution in [-0.2, 0) is 9.53 Å². The first kappa shape index (κ1) is 13.5. The molecule has 1 aromatic carbocycles. The smallest absolute Gasteiger partial charge is 0.231 e. The Morgan fingerprint density at radius 3 is 2.83 bits per heavy atom. The van der Waals surface area contributed by atoms with Crippen LogP contribution in [0.1, 0.15) is 5.56 Å². The van der Waals surface area contributed by atoms with Gasteiger partial charge in [0.2, 0.25) is 5.91 Å². The van der Waals surface area contributed by atoms with E-state index in [-0.39, 0.29) is 17.9 Å². The Balaban J connectivity index is 2.06. The average Bonchev–Trinajstić information content (AvgIpc) is 2.75. The molecule has 0 radical (unpaired) electrons. The first-order valence-electron chi connectivity index (χ1n) is 5.93. The number of ether oxygens (including phenoxy) is 1. The third-order valence-electron chi connectivity index (χ3n) is 3.10. The van der Waals surface area contributed by atoms with Gasteiger partial charge in [-0.3, -0.25) is 4.79 Å². The van der Waals surface area contributed by atoms with Crippen molar-refractivity contribution in [3.8, 4) is 0 Å². The van der Waals surface area contributed by atoms with Crippen molar-refractivity contribution in [3.05, 3.63) is 28.2 Å². The molecule has 0 saturated carbocycles. The van der Waals surface area contributed by atoms with E-state index in [0.29, 0.717) is 13.2 Å². The van der Waals surface area contributed by atoms with Crippen LogP contribution in [0.5, 0.6) is 0 Å². The van der Waals surface area contributed by atoms with Gasteiger partial charge in [-0.25, -0.2) is 0 Å².